The van der Waals surface area contributed by atoms with Crippen molar-refractivity contribution in [2.75, 3.05) is 6.61 Å². The van der Waals surface area contributed by atoms with E-state index in [9.17, 15) is 18.0 Å². The number of carbonyl (C=O) groups is 1. The maximum atomic E-state index is 13.1. The second-order valence-electron chi connectivity index (χ2n) is 7.29. The van der Waals surface area contributed by atoms with E-state index in [0.29, 0.717) is 5.69 Å². The third kappa shape index (κ3) is 4.42. The summed E-state index contributed by atoms with van der Waals surface area (Å²) in [7, 11) is 0. The number of aryl methyl sites for hydroxylation is 1. The molecular formula is C22H18F3N5O2. The van der Waals surface area contributed by atoms with Gasteiger partial charge in [-0.3, -0.25) is 9.78 Å². The van der Waals surface area contributed by atoms with Gasteiger partial charge in [-0.15, -0.1) is 0 Å². The summed E-state index contributed by atoms with van der Waals surface area (Å²) in [5, 5.41) is 13.7. The lowest BCUT2D eigenvalue weighted by atomic mass is 10.1. The van der Waals surface area contributed by atoms with Gasteiger partial charge >= 0.3 is 6.18 Å². The Hall–Kier alpha value is -3.87. The number of nitriles is 1. The van der Waals surface area contributed by atoms with Gasteiger partial charge in [0.2, 0.25) is 0 Å². The number of amides is 1. The standard InChI is InChI=1S/C22H18F3N5O2/c1-2-16-8-17(5-6-27-16)30-11-15-10-29(12-19(15)28-30)21(31)18-7-14(9-26)3-4-20(18)32-13-22(23,24)25/h3-8,11H,2,10,12-13H2,1H3. The highest BCUT2D eigenvalue weighted by Crippen LogP contribution is 2.29. The molecule has 1 aliphatic heterocycles. The first-order valence-electron chi connectivity index (χ1n) is 9.83. The first kappa shape index (κ1) is 21.4. The van der Waals surface area contributed by atoms with Crippen LogP contribution in [0.3, 0.4) is 0 Å². The van der Waals surface area contributed by atoms with Gasteiger partial charge in [0.25, 0.3) is 5.91 Å². The third-order valence-electron chi connectivity index (χ3n) is 5.02. The van der Waals surface area contributed by atoms with E-state index < -0.39 is 18.7 Å². The van der Waals surface area contributed by atoms with Gasteiger partial charge in [-0.25, -0.2) is 4.68 Å². The minimum absolute atomic E-state index is 0.0898. The molecule has 1 amide bonds. The molecule has 0 saturated heterocycles. The van der Waals surface area contributed by atoms with Crippen molar-refractivity contribution in [2.24, 2.45) is 0 Å². The number of benzene rings is 1. The van der Waals surface area contributed by atoms with Crippen LogP contribution < -0.4 is 4.74 Å². The number of hydrogen-bond acceptors (Lipinski definition) is 5. The van der Waals surface area contributed by atoms with Crippen LogP contribution in [0, 0.1) is 11.3 Å². The van der Waals surface area contributed by atoms with Crippen molar-refractivity contribution in [3.8, 4) is 17.5 Å². The molecule has 7 nitrogen and oxygen atoms in total. The van der Waals surface area contributed by atoms with Crippen LogP contribution >= 0.6 is 0 Å². The molecule has 2 aromatic heterocycles. The van der Waals surface area contributed by atoms with Crippen molar-refractivity contribution in [1.29, 1.82) is 5.26 Å². The van der Waals surface area contributed by atoms with Gasteiger partial charge < -0.3 is 9.64 Å². The summed E-state index contributed by atoms with van der Waals surface area (Å²) in [6.45, 7) is 0.919. The van der Waals surface area contributed by atoms with Crippen LogP contribution in [0.2, 0.25) is 0 Å². The molecule has 0 radical (unpaired) electrons. The monoisotopic (exact) mass is 441 g/mol. The van der Waals surface area contributed by atoms with E-state index in [-0.39, 0.29) is 30.0 Å². The average Bonchev–Trinajstić information content (AvgIpc) is 3.36. The summed E-state index contributed by atoms with van der Waals surface area (Å²) in [4.78, 5) is 18.8. The summed E-state index contributed by atoms with van der Waals surface area (Å²) in [6.07, 6.45) is -0.226. The van der Waals surface area contributed by atoms with Crippen LogP contribution in [0.5, 0.6) is 5.75 Å². The normalized spacial score (nSPS) is 13.0. The van der Waals surface area contributed by atoms with Gasteiger partial charge in [0, 0.05) is 30.2 Å². The maximum absolute atomic E-state index is 13.1. The number of alkyl halides is 3. The number of hydrogen-bond donors (Lipinski definition) is 0. The van der Waals surface area contributed by atoms with Crippen LogP contribution in [-0.4, -0.2) is 38.4 Å². The molecule has 0 N–H and O–H groups in total. The van der Waals surface area contributed by atoms with E-state index in [2.05, 4.69) is 10.1 Å². The van der Waals surface area contributed by atoms with Gasteiger partial charge in [-0.1, -0.05) is 6.92 Å². The smallest absolute Gasteiger partial charge is 0.422 e. The first-order chi connectivity index (χ1) is 15.3. The van der Waals surface area contributed by atoms with Gasteiger partial charge in [0.05, 0.1) is 35.1 Å². The molecule has 1 aromatic carbocycles. The molecule has 32 heavy (non-hydrogen) atoms. The van der Waals surface area contributed by atoms with E-state index >= 15 is 0 Å². The molecule has 3 heterocycles. The SMILES string of the molecule is CCc1cc(-n2cc3c(n2)CN(C(=O)c2cc(C#N)ccc2OCC(F)(F)F)C3)ccn1. The van der Waals surface area contributed by atoms with Gasteiger partial charge in [-0.2, -0.15) is 23.5 Å². The molecule has 0 atom stereocenters. The number of nitrogens with zero attached hydrogens (tertiary/aromatic N) is 5. The van der Waals surface area contributed by atoms with E-state index in [1.165, 1.54) is 23.1 Å². The number of pyridine rings is 1. The topological polar surface area (TPSA) is 84.0 Å². The quantitative estimate of drug-likeness (QED) is 0.602. The Labute approximate surface area is 181 Å². The van der Waals surface area contributed by atoms with Crippen LogP contribution in [0.15, 0.2) is 42.7 Å². The third-order valence-corrected chi connectivity index (χ3v) is 5.02. The lowest BCUT2D eigenvalue weighted by molar-refractivity contribution is -0.153. The van der Waals surface area contributed by atoms with Crippen molar-refractivity contribution >= 4 is 5.91 Å². The van der Waals surface area contributed by atoms with Crippen molar-refractivity contribution in [1.82, 2.24) is 19.7 Å². The van der Waals surface area contributed by atoms with Crippen LogP contribution in [0.25, 0.3) is 5.69 Å². The molecule has 0 saturated carbocycles. The minimum Gasteiger partial charge on any atom is -0.483 e. The molecule has 0 bridgehead atoms. The van der Waals surface area contributed by atoms with Crippen molar-refractivity contribution in [3.63, 3.8) is 0 Å². The predicted molar refractivity (Wildman–Crippen MR) is 107 cm³/mol. The van der Waals surface area contributed by atoms with Crippen LogP contribution in [0.1, 0.15) is 39.8 Å². The minimum atomic E-state index is -4.55. The lowest BCUT2D eigenvalue weighted by Gasteiger charge is -2.19. The molecule has 1 aliphatic rings. The Morgan fingerprint density at radius 3 is 2.75 bits per heavy atom. The van der Waals surface area contributed by atoms with Gasteiger partial charge in [0.1, 0.15) is 5.75 Å². The molecule has 10 heteroatoms. The second kappa shape index (κ2) is 8.34. The van der Waals surface area contributed by atoms with Crippen LogP contribution in [-0.2, 0) is 19.5 Å². The fourth-order valence-corrected chi connectivity index (χ4v) is 3.45. The number of rotatable bonds is 5. The van der Waals surface area contributed by atoms with Crippen molar-refractivity contribution < 1.29 is 22.7 Å². The summed E-state index contributed by atoms with van der Waals surface area (Å²) in [5.74, 6) is -0.745. The van der Waals surface area contributed by atoms with Crippen molar-refractivity contribution in [3.05, 3.63) is 70.8 Å². The largest absolute Gasteiger partial charge is 0.483 e. The van der Waals surface area contributed by atoms with Crippen molar-refractivity contribution in [2.45, 2.75) is 32.6 Å². The Balaban J connectivity index is 1.55. The van der Waals surface area contributed by atoms with E-state index in [0.717, 1.165) is 23.4 Å². The Bertz CT molecular complexity index is 1190. The summed E-state index contributed by atoms with van der Waals surface area (Å²) in [6, 6.07) is 9.42. The highest BCUT2D eigenvalue weighted by molar-refractivity contribution is 5.97. The molecule has 0 aliphatic carbocycles. The molecule has 0 fully saturated rings. The molecular weight excluding hydrogens is 423 g/mol. The zero-order chi connectivity index (χ0) is 22.9. The van der Waals surface area contributed by atoms with Gasteiger partial charge in [-0.05, 0) is 36.8 Å². The number of carbonyl (C=O) groups excluding carboxylic acids is 1. The van der Waals surface area contributed by atoms with E-state index in [1.54, 1.807) is 10.9 Å². The fraction of sp³-hybridized carbons (Fsp3) is 0.273. The zero-order valence-electron chi connectivity index (χ0n) is 17.1. The lowest BCUT2D eigenvalue weighted by Crippen LogP contribution is -2.27. The number of fused-ring (bicyclic) bond motifs is 1. The number of aromatic nitrogens is 3. The van der Waals surface area contributed by atoms with E-state index in [1.807, 2.05) is 31.3 Å². The predicted octanol–water partition coefficient (Wildman–Crippen LogP) is 3.80. The fourth-order valence-electron chi connectivity index (χ4n) is 3.45. The first-order valence-corrected chi connectivity index (χ1v) is 9.83. The Morgan fingerprint density at radius 2 is 2.06 bits per heavy atom. The zero-order valence-corrected chi connectivity index (χ0v) is 17.1. The Morgan fingerprint density at radius 1 is 1.25 bits per heavy atom. The number of halogens is 3. The number of ether oxygens (including phenoxy) is 1. The summed E-state index contributed by atoms with van der Waals surface area (Å²) < 4.78 is 44.3. The molecule has 3 aromatic rings. The van der Waals surface area contributed by atoms with Gasteiger partial charge in [0.15, 0.2) is 6.61 Å². The molecule has 0 spiro atoms. The summed E-state index contributed by atoms with van der Waals surface area (Å²) in [5.41, 5.74) is 3.38. The maximum Gasteiger partial charge on any atom is 0.422 e. The molecule has 4 rings (SSSR count). The summed E-state index contributed by atoms with van der Waals surface area (Å²) >= 11 is 0. The molecule has 0 unspecified atom stereocenters. The Kier molecular flexibility index (Phi) is 5.57. The van der Waals surface area contributed by atoms with Crippen LogP contribution in [0.4, 0.5) is 13.2 Å². The highest BCUT2D eigenvalue weighted by Gasteiger charge is 2.32. The van der Waals surface area contributed by atoms with E-state index in [4.69, 9.17) is 10.00 Å². The second-order valence-corrected chi connectivity index (χ2v) is 7.29. The molecule has 164 valence electrons. The highest BCUT2D eigenvalue weighted by atomic mass is 19.4. The average molecular weight is 441 g/mol.